The van der Waals surface area contributed by atoms with Gasteiger partial charge in [-0.3, -0.25) is 0 Å². The lowest BCUT2D eigenvalue weighted by molar-refractivity contribution is 1.17. The van der Waals surface area contributed by atoms with Crippen LogP contribution in [0.4, 0.5) is 0 Å². The Bertz CT molecular complexity index is 2820. The van der Waals surface area contributed by atoms with Crippen molar-refractivity contribution in [2.45, 2.75) is 0 Å². The number of hydrogen-bond acceptors (Lipinski definition) is 0. The second-order valence-corrected chi connectivity index (χ2v) is 12.6. The van der Waals surface area contributed by atoms with Gasteiger partial charge < -0.3 is 9.13 Å². The van der Waals surface area contributed by atoms with E-state index in [0.29, 0.717) is 0 Å². The molecule has 2 nitrogen and oxygen atoms in total. The minimum atomic E-state index is 1.15. The van der Waals surface area contributed by atoms with Crippen molar-refractivity contribution >= 4 is 54.4 Å². The first-order valence-electron chi connectivity index (χ1n) is 16.5. The summed E-state index contributed by atoms with van der Waals surface area (Å²) in [5, 5.41) is 7.61. The van der Waals surface area contributed by atoms with Gasteiger partial charge in [0.15, 0.2) is 0 Å². The molecule has 2 heterocycles. The van der Waals surface area contributed by atoms with Crippen molar-refractivity contribution in [3.05, 3.63) is 182 Å². The van der Waals surface area contributed by atoms with E-state index < -0.39 is 0 Å². The van der Waals surface area contributed by atoms with Crippen molar-refractivity contribution in [3.8, 4) is 33.6 Å². The van der Waals surface area contributed by atoms with Crippen molar-refractivity contribution in [1.29, 1.82) is 0 Å². The maximum atomic E-state index is 2.43. The molecule has 0 amide bonds. The molecule has 0 N–H and O–H groups in total. The van der Waals surface area contributed by atoms with Gasteiger partial charge >= 0.3 is 0 Å². The third-order valence-electron chi connectivity index (χ3n) is 9.89. The van der Waals surface area contributed by atoms with Crippen molar-refractivity contribution in [2.75, 3.05) is 0 Å². The van der Waals surface area contributed by atoms with Crippen LogP contribution in [-0.2, 0) is 0 Å². The quantitative estimate of drug-likeness (QED) is 0.188. The number of para-hydroxylation sites is 2. The molecule has 8 aromatic carbocycles. The van der Waals surface area contributed by atoms with E-state index in [1.54, 1.807) is 0 Å². The lowest BCUT2D eigenvalue weighted by atomic mass is 9.99. The third kappa shape index (κ3) is 4.06. The summed E-state index contributed by atoms with van der Waals surface area (Å²) in [5.41, 5.74) is 12.1. The fourth-order valence-electron chi connectivity index (χ4n) is 7.70. The number of hydrogen-bond donors (Lipinski definition) is 0. The predicted molar refractivity (Wildman–Crippen MR) is 203 cm³/mol. The molecule has 0 aliphatic carbocycles. The molecule has 0 unspecified atom stereocenters. The lowest BCUT2D eigenvalue weighted by Crippen LogP contribution is -1.95. The Kier molecular flexibility index (Phi) is 5.91. The van der Waals surface area contributed by atoms with Crippen molar-refractivity contribution in [1.82, 2.24) is 9.13 Å². The van der Waals surface area contributed by atoms with Gasteiger partial charge in [-0.2, -0.15) is 0 Å². The van der Waals surface area contributed by atoms with Crippen molar-refractivity contribution in [3.63, 3.8) is 0 Å². The van der Waals surface area contributed by atoms with Gasteiger partial charge in [-0.25, -0.2) is 0 Å². The zero-order valence-electron chi connectivity index (χ0n) is 26.2. The second kappa shape index (κ2) is 10.6. The maximum Gasteiger partial charge on any atom is 0.0548 e. The van der Waals surface area contributed by atoms with Gasteiger partial charge in [-0.05, 0) is 87.6 Å². The molecule has 224 valence electrons. The Morgan fingerprint density at radius 1 is 0.271 bits per heavy atom. The van der Waals surface area contributed by atoms with E-state index in [4.69, 9.17) is 0 Å². The van der Waals surface area contributed by atoms with Gasteiger partial charge in [0.1, 0.15) is 0 Å². The SMILES string of the molecule is c1ccc(-c2cccc(-c3ccc(-n4c5ccccc5c5c6c7ccccc7n(-c7ccc8ccccc8c7)c6ccc54)cc3)c2)cc1. The first-order valence-corrected chi connectivity index (χ1v) is 16.5. The average molecular weight is 611 g/mol. The topological polar surface area (TPSA) is 9.86 Å². The van der Waals surface area contributed by atoms with E-state index in [9.17, 15) is 0 Å². The summed E-state index contributed by atoms with van der Waals surface area (Å²) in [5.74, 6) is 0. The van der Waals surface area contributed by atoms with E-state index in [1.165, 1.54) is 82.3 Å². The van der Waals surface area contributed by atoms with Crippen LogP contribution in [0.5, 0.6) is 0 Å². The van der Waals surface area contributed by atoms with E-state index in [-0.39, 0.29) is 0 Å². The smallest absolute Gasteiger partial charge is 0.0548 e. The highest BCUT2D eigenvalue weighted by Crippen LogP contribution is 2.42. The minimum Gasteiger partial charge on any atom is -0.309 e. The summed E-state index contributed by atoms with van der Waals surface area (Å²) in [6.07, 6.45) is 0. The van der Waals surface area contributed by atoms with Gasteiger partial charge in [0.25, 0.3) is 0 Å². The van der Waals surface area contributed by atoms with Crippen LogP contribution in [-0.4, -0.2) is 9.13 Å². The maximum absolute atomic E-state index is 2.43. The fraction of sp³-hybridized carbons (Fsp3) is 0. The molecule has 10 aromatic rings. The van der Waals surface area contributed by atoms with Crippen LogP contribution in [0.1, 0.15) is 0 Å². The average Bonchev–Trinajstić information content (AvgIpc) is 3.68. The summed E-state index contributed by atoms with van der Waals surface area (Å²) in [6, 6.07) is 66.1. The summed E-state index contributed by atoms with van der Waals surface area (Å²) >= 11 is 0. The predicted octanol–water partition coefficient (Wildman–Crippen LogP) is 12.4. The molecule has 0 fully saturated rings. The Balaban J connectivity index is 1.18. The summed E-state index contributed by atoms with van der Waals surface area (Å²) in [7, 11) is 0. The lowest BCUT2D eigenvalue weighted by Gasteiger charge is -2.11. The Hall–Kier alpha value is -6.38. The van der Waals surface area contributed by atoms with Crippen LogP contribution in [0.15, 0.2) is 182 Å². The molecule has 0 atom stereocenters. The third-order valence-corrected chi connectivity index (χ3v) is 9.89. The molecule has 0 radical (unpaired) electrons. The highest BCUT2D eigenvalue weighted by atomic mass is 15.0. The van der Waals surface area contributed by atoms with Gasteiger partial charge in [-0.15, -0.1) is 0 Å². The van der Waals surface area contributed by atoms with Crippen LogP contribution >= 0.6 is 0 Å². The standard InChI is InChI=1S/C46H30N2/c1-2-11-31(12-3-1)34-15-10-16-35(29-34)33-21-24-37(25-22-33)47-41-19-8-6-17-39(41)45-43(47)27-28-44-46(45)40-18-7-9-20-42(40)48(44)38-26-23-32-13-4-5-14-36(32)30-38/h1-30H. The van der Waals surface area contributed by atoms with E-state index in [1.807, 2.05) is 0 Å². The number of nitrogens with zero attached hydrogens (tertiary/aromatic N) is 2. The van der Waals surface area contributed by atoms with Crippen LogP contribution in [0, 0.1) is 0 Å². The number of rotatable bonds is 4. The van der Waals surface area contributed by atoms with Gasteiger partial charge in [0, 0.05) is 32.9 Å². The van der Waals surface area contributed by atoms with E-state index in [2.05, 4.69) is 191 Å². The molecule has 48 heavy (non-hydrogen) atoms. The number of aromatic nitrogens is 2. The summed E-state index contributed by atoms with van der Waals surface area (Å²) in [4.78, 5) is 0. The van der Waals surface area contributed by atoms with Gasteiger partial charge in [0.05, 0.1) is 22.1 Å². The summed E-state index contributed by atoms with van der Waals surface area (Å²) < 4.78 is 4.86. The zero-order chi connectivity index (χ0) is 31.6. The van der Waals surface area contributed by atoms with E-state index >= 15 is 0 Å². The second-order valence-electron chi connectivity index (χ2n) is 12.6. The fourth-order valence-corrected chi connectivity index (χ4v) is 7.70. The normalized spacial score (nSPS) is 11.8. The first kappa shape index (κ1) is 26.8. The van der Waals surface area contributed by atoms with Crippen LogP contribution in [0.3, 0.4) is 0 Å². The van der Waals surface area contributed by atoms with Crippen LogP contribution in [0.2, 0.25) is 0 Å². The molecule has 0 aliphatic heterocycles. The van der Waals surface area contributed by atoms with Crippen LogP contribution < -0.4 is 0 Å². The largest absolute Gasteiger partial charge is 0.309 e. The van der Waals surface area contributed by atoms with E-state index in [0.717, 1.165) is 5.69 Å². The Morgan fingerprint density at radius 2 is 0.771 bits per heavy atom. The molecule has 0 bridgehead atoms. The molecule has 2 heteroatoms. The molecule has 0 aliphatic rings. The number of benzene rings is 8. The first-order chi connectivity index (χ1) is 23.8. The van der Waals surface area contributed by atoms with Gasteiger partial charge in [-0.1, -0.05) is 127 Å². The highest BCUT2D eigenvalue weighted by molar-refractivity contribution is 6.29. The molecule has 10 rings (SSSR count). The summed E-state index contributed by atoms with van der Waals surface area (Å²) in [6.45, 7) is 0. The van der Waals surface area contributed by atoms with Crippen molar-refractivity contribution in [2.24, 2.45) is 0 Å². The van der Waals surface area contributed by atoms with Crippen molar-refractivity contribution < 1.29 is 0 Å². The highest BCUT2D eigenvalue weighted by Gasteiger charge is 2.20. The number of fused-ring (bicyclic) bond motifs is 8. The molecular weight excluding hydrogens is 581 g/mol. The Labute approximate surface area is 278 Å². The molecule has 2 aromatic heterocycles. The molecule has 0 saturated heterocycles. The van der Waals surface area contributed by atoms with Gasteiger partial charge in [0.2, 0.25) is 0 Å². The molecule has 0 saturated carbocycles. The molecule has 0 spiro atoms. The minimum absolute atomic E-state index is 1.15. The monoisotopic (exact) mass is 610 g/mol. The molecular formula is C46H30N2. The Morgan fingerprint density at radius 3 is 1.44 bits per heavy atom. The van der Waals surface area contributed by atoms with Crippen LogP contribution in [0.25, 0.3) is 88.0 Å². The zero-order valence-corrected chi connectivity index (χ0v) is 26.2.